The Morgan fingerprint density at radius 2 is 1.85 bits per heavy atom. The number of likely N-dealkylation sites (tertiary alicyclic amines) is 1. The number of nitrogens with zero attached hydrogens (tertiary/aromatic N) is 1. The van der Waals surface area contributed by atoms with Gasteiger partial charge in [0.15, 0.2) is 11.6 Å². The minimum atomic E-state index is -5.03. The molecule has 0 radical (unpaired) electrons. The number of aromatic hydroxyl groups is 1. The summed E-state index contributed by atoms with van der Waals surface area (Å²) in [6.07, 6.45) is -2.34. The number of allylic oxidation sites excluding steroid dienone is 6. The van der Waals surface area contributed by atoms with Crippen LogP contribution in [0, 0.1) is 17.8 Å². The molecule has 4 aliphatic rings. The maximum atomic E-state index is 13.5. The molecule has 2 amide bonds. The summed E-state index contributed by atoms with van der Waals surface area (Å²) in [6, 6.07) is 2.87. The van der Waals surface area contributed by atoms with Gasteiger partial charge < -0.3 is 14.9 Å². The predicted octanol–water partition coefficient (Wildman–Crippen LogP) is 3.59. The molecular formula is C28H24F3NO8. The Hall–Kier alpha value is -4.22. The number of aliphatic carboxylic acids is 1. The van der Waals surface area contributed by atoms with Crippen molar-refractivity contribution in [2.45, 2.75) is 44.9 Å². The summed E-state index contributed by atoms with van der Waals surface area (Å²) < 4.78 is 43.0. The average Bonchev–Trinajstić information content (AvgIpc) is 3.11. The number of Topliss-reactive ketones (excluding diaryl/α,β-unsaturated/α-hetero) is 1. The van der Waals surface area contributed by atoms with Gasteiger partial charge in [0.2, 0.25) is 11.8 Å². The highest BCUT2D eigenvalue weighted by Gasteiger charge is 2.56. The largest absolute Gasteiger partial charge is 0.573 e. The van der Waals surface area contributed by atoms with Crippen LogP contribution in [0.4, 0.5) is 13.2 Å². The van der Waals surface area contributed by atoms with Gasteiger partial charge in [0.05, 0.1) is 11.8 Å². The lowest BCUT2D eigenvalue weighted by atomic mass is 9.59. The molecule has 12 heteroatoms. The Morgan fingerprint density at radius 3 is 2.52 bits per heavy atom. The van der Waals surface area contributed by atoms with Crippen LogP contribution in [0.5, 0.6) is 11.5 Å². The van der Waals surface area contributed by atoms with Gasteiger partial charge in [-0.1, -0.05) is 11.6 Å². The van der Waals surface area contributed by atoms with Crippen molar-refractivity contribution in [3.63, 3.8) is 0 Å². The fraction of sp³-hybridized carbons (Fsp3) is 0.393. The molecule has 40 heavy (non-hydrogen) atoms. The van der Waals surface area contributed by atoms with Crippen molar-refractivity contribution >= 4 is 29.4 Å². The molecule has 0 unspecified atom stereocenters. The predicted molar refractivity (Wildman–Crippen MR) is 130 cm³/mol. The summed E-state index contributed by atoms with van der Waals surface area (Å²) in [7, 11) is 0. The third-order valence-electron chi connectivity index (χ3n) is 7.97. The van der Waals surface area contributed by atoms with Crippen molar-refractivity contribution in [2.24, 2.45) is 17.8 Å². The fourth-order valence-corrected chi connectivity index (χ4v) is 6.35. The number of carboxylic acid groups (broad SMARTS) is 1. The van der Waals surface area contributed by atoms with Gasteiger partial charge in [-0.15, -0.1) is 13.2 Å². The number of halogens is 3. The number of rotatable bonds is 6. The van der Waals surface area contributed by atoms with Gasteiger partial charge in [-0.3, -0.25) is 28.9 Å². The van der Waals surface area contributed by atoms with Crippen LogP contribution in [0.25, 0.3) is 0 Å². The van der Waals surface area contributed by atoms with Crippen molar-refractivity contribution < 1.29 is 52.1 Å². The van der Waals surface area contributed by atoms with E-state index in [1.54, 1.807) is 6.08 Å². The second-order valence-electron chi connectivity index (χ2n) is 10.3. The molecule has 1 fully saturated rings. The molecule has 0 bridgehead atoms. The van der Waals surface area contributed by atoms with E-state index < -0.39 is 70.9 Å². The molecule has 2 N–H and O–H groups in total. The first-order valence-corrected chi connectivity index (χ1v) is 12.6. The molecular weight excluding hydrogens is 535 g/mol. The third kappa shape index (κ3) is 4.61. The molecule has 5 rings (SSSR count). The maximum Gasteiger partial charge on any atom is 0.573 e. The first-order chi connectivity index (χ1) is 18.8. The van der Waals surface area contributed by atoms with Gasteiger partial charge in [0.1, 0.15) is 11.5 Å². The molecule has 4 atom stereocenters. The molecule has 1 heterocycles. The summed E-state index contributed by atoms with van der Waals surface area (Å²) in [5.41, 5.74) is 0.564. The lowest BCUT2D eigenvalue weighted by molar-refractivity contribution is -0.274. The zero-order valence-electron chi connectivity index (χ0n) is 21.2. The number of carboxylic acids is 1. The van der Waals surface area contributed by atoms with Crippen LogP contribution in [0.3, 0.4) is 0 Å². The number of hydrogen-bond acceptors (Lipinski definition) is 7. The number of phenolic OH excluding ortho intramolecular Hbond substituents is 1. The fourth-order valence-electron chi connectivity index (χ4n) is 6.35. The number of amides is 2. The lowest BCUT2D eigenvalue weighted by Crippen LogP contribution is -2.40. The summed E-state index contributed by atoms with van der Waals surface area (Å²) >= 11 is 0. The number of benzene rings is 1. The number of hydrogen-bond donors (Lipinski definition) is 2. The van der Waals surface area contributed by atoms with Gasteiger partial charge in [0, 0.05) is 41.2 Å². The lowest BCUT2D eigenvalue weighted by Gasteiger charge is -2.42. The number of alkyl halides is 3. The standard InChI is InChI=1S/C28H24F3NO8/c1-12-9-20(34)18-11-16-14(5-6-15-23(16)27(39)32(26(15)38)8-2-3-21(35)36)22(24(18)25(12)37)17-10-13(4-7-19(17)33)40-28(29,30)31/h4-5,7,9-10,15-16,22-23,33H,2-3,6,8,11H2,1H3,(H,35,36)/t15-,16+,22+,23-/m0/s1. The van der Waals surface area contributed by atoms with Gasteiger partial charge in [-0.05, 0) is 56.4 Å². The van der Waals surface area contributed by atoms with E-state index in [1.165, 1.54) is 6.92 Å². The maximum absolute atomic E-state index is 13.5. The number of ether oxygens (including phenoxy) is 1. The van der Waals surface area contributed by atoms with Crippen molar-refractivity contribution in [1.82, 2.24) is 4.90 Å². The highest BCUT2D eigenvalue weighted by molar-refractivity contribution is 6.24. The molecule has 210 valence electrons. The van der Waals surface area contributed by atoms with E-state index >= 15 is 0 Å². The number of carbonyl (C=O) groups excluding carboxylic acids is 4. The van der Waals surface area contributed by atoms with Crippen LogP contribution in [0.1, 0.15) is 44.1 Å². The summed E-state index contributed by atoms with van der Waals surface area (Å²) in [6.45, 7) is 1.35. The molecule has 0 aromatic heterocycles. The highest BCUT2D eigenvalue weighted by Crippen LogP contribution is 2.56. The first-order valence-electron chi connectivity index (χ1n) is 12.6. The normalized spacial score (nSPS) is 26.2. The van der Waals surface area contributed by atoms with Crippen LogP contribution in [0.15, 0.2) is 52.6 Å². The topological polar surface area (TPSA) is 138 Å². The van der Waals surface area contributed by atoms with Crippen LogP contribution >= 0.6 is 0 Å². The van der Waals surface area contributed by atoms with Gasteiger partial charge in [0.25, 0.3) is 0 Å². The number of fused-ring (bicyclic) bond motifs is 3. The van der Waals surface area contributed by atoms with E-state index in [9.17, 15) is 42.3 Å². The van der Waals surface area contributed by atoms with Crippen molar-refractivity contribution in [3.8, 4) is 11.5 Å². The minimum absolute atomic E-state index is 0.0143. The number of phenols is 1. The van der Waals surface area contributed by atoms with E-state index in [4.69, 9.17) is 5.11 Å². The van der Waals surface area contributed by atoms with Crippen LogP contribution in [-0.4, -0.2) is 57.4 Å². The Kier molecular flexibility index (Phi) is 6.67. The monoisotopic (exact) mass is 559 g/mol. The summed E-state index contributed by atoms with van der Waals surface area (Å²) in [5.74, 6) is -7.74. The quantitative estimate of drug-likeness (QED) is 0.307. The minimum Gasteiger partial charge on any atom is -0.508 e. The second kappa shape index (κ2) is 9.76. The summed E-state index contributed by atoms with van der Waals surface area (Å²) in [4.78, 5) is 65.1. The Labute approximate surface area is 225 Å². The number of ketones is 2. The van der Waals surface area contributed by atoms with Gasteiger partial charge >= 0.3 is 12.3 Å². The zero-order chi connectivity index (χ0) is 29.1. The van der Waals surface area contributed by atoms with E-state index in [0.717, 1.165) is 29.2 Å². The average molecular weight is 559 g/mol. The Bertz CT molecular complexity index is 1450. The molecule has 3 aliphatic carbocycles. The molecule has 9 nitrogen and oxygen atoms in total. The SMILES string of the molecule is CC1=CC(=O)C2=C(C1=O)[C@@H](c1cc(OC(F)(F)F)ccc1O)C1=CC[C@@H]3C(=O)N(CCCC(=O)O)C(=O)[C@@H]3[C@@H]1C2. The van der Waals surface area contributed by atoms with Crippen LogP contribution in [0.2, 0.25) is 0 Å². The molecule has 0 spiro atoms. The molecule has 1 aliphatic heterocycles. The number of imide groups is 1. The Morgan fingerprint density at radius 1 is 1.12 bits per heavy atom. The molecule has 1 aromatic carbocycles. The zero-order valence-corrected chi connectivity index (χ0v) is 21.2. The Balaban J connectivity index is 1.61. The first kappa shape index (κ1) is 27.4. The van der Waals surface area contributed by atoms with Crippen molar-refractivity contribution in [1.29, 1.82) is 0 Å². The second-order valence-corrected chi connectivity index (χ2v) is 10.3. The van der Waals surface area contributed by atoms with Gasteiger partial charge in [-0.2, -0.15) is 0 Å². The number of carbonyl (C=O) groups is 5. The molecule has 1 saturated heterocycles. The van der Waals surface area contributed by atoms with E-state index in [1.807, 2.05) is 0 Å². The highest BCUT2D eigenvalue weighted by atomic mass is 19.4. The van der Waals surface area contributed by atoms with E-state index in [-0.39, 0.29) is 54.5 Å². The molecule has 1 aromatic rings. The van der Waals surface area contributed by atoms with Crippen molar-refractivity contribution in [3.05, 3.63) is 58.2 Å². The third-order valence-corrected chi connectivity index (χ3v) is 7.97. The molecule has 0 saturated carbocycles. The van der Waals surface area contributed by atoms with Crippen LogP contribution < -0.4 is 4.74 Å². The van der Waals surface area contributed by atoms with Crippen LogP contribution in [-0.2, 0) is 24.0 Å². The summed E-state index contributed by atoms with van der Waals surface area (Å²) in [5, 5.41) is 19.7. The van der Waals surface area contributed by atoms with Gasteiger partial charge in [-0.25, -0.2) is 0 Å². The smallest absolute Gasteiger partial charge is 0.508 e. The van der Waals surface area contributed by atoms with Crippen molar-refractivity contribution in [2.75, 3.05) is 6.54 Å². The van der Waals surface area contributed by atoms with E-state index in [2.05, 4.69) is 4.74 Å². The van der Waals surface area contributed by atoms with E-state index in [0.29, 0.717) is 5.57 Å².